The molecule has 84 valence electrons. The summed E-state index contributed by atoms with van der Waals surface area (Å²) < 4.78 is 10.4. The summed E-state index contributed by atoms with van der Waals surface area (Å²) in [5, 5.41) is 0. The van der Waals surface area contributed by atoms with E-state index in [-0.39, 0.29) is 18.0 Å². The normalized spacial score (nSPS) is 11.7. The lowest BCUT2D eigenvalue weighted by Gasteiger charge is -2.22. The van der Waals surface area contributed by atoms with E-state index in [1.54, 1.807) is 7.11 Å². The first kappa shape index (κ1) is 13.6. The van der Waals surface area contributed by atoms with Crippen molar-refractivity contribution < 1.29 is 14.3 Å². The molecular weight excluding hydrogens is 180 g/mol. The second kappa shape index (κ2) is 6.96. The van der Waals surface area contributed by atoms with E-state index in [2.05, 4.69) is 0 Å². The first-order valence-corrected chi connectivity index (χ1v) is 5.16. The molecule has 0 saturated heterocycles. The van der Waals surface area contributed by atoms with Crippen LogP contribution in [0, 0.1) is 0 Å². The second-order valence-corrected chi connectivity index (χ2v) is 4.06. The molecule has 0 saturated carbocycles. The highest BCUT2D eigenvalue weighted by Crippen LogP contribution is 2.15. The van der Waals surface area contributed by atoms with Crippen molar-refractivity contribution in [2.75, 3.05) is 20.3 Å². The van der Waals surface area contributed by atoms with Crippen molar-refractivity contribution >= 4 is 5.78 Å². The van der Waals surface area contributed by atoms with Crippen LogP contribution in [0.1, 0.15) is 40.0 Å². The maximum Gasteiger partial charge on any atom is 0.158 e. The van der Waals surface area contributed by atoms with Crippen LogP contribution in [0.2, 0.25) is 0 Å². The van der Waals surface area contributed by atoms with Crippen LogP contribution < -0.4 is 0 Å². The molecule has 0 fully saturated rings. The summed E-state index contributed by atoms with van der Waals surface area (Å²) in [5.41, 5.74) is -0.208. The zero-order valence-electron chi connectivity index (χ0n) is 9.76. The first-order valence-electron chi connectivity index (χ1n) is 5.16. The number of hydrogen-bond acceptors (Lipinski definition) is 3. The molecule has 0 heterocycles. The van der Waals surface area contributed by atoms with Gasteiger partial charge >= 0.3 is 0 Å². The number of methoxy groups -OCH3 is 1. The molecule has 0 unspecified atom stereocenters. The number of ether oxygens (including phenoxy) is 2. The van der Waals surface area contributed by atoms with Gasteiger partial charge in [-0.2, -0.15) is 0 Å². The van der Waals surface area contributed by atoms with Crippen molar-refractivity contribution in [3.63, 3.8) is 0 Å². The summed E-state index contributed by atoms with van der Waals surface area (Å²) in [4.78, 5) is 11.3. The topological polar surface area (TPSA) is 35.5 Å². The Morgan fingerprint density at radius 3 is 2.50 bits per heavy atom. The number of rotatable bonds is 8. The van der Waals surface area contributed by atoms with Crippen LogP contribution in [0.25, 0.3) is 0 Å². The summed E-state index contributed by atoms with van der Waals surface area (Å²) in [6.45, 7) is 6.89. The van der Waals surface area contributed by atoms with Crippen LogP contribution in [-0.2, 0) is 14.3 Å². The molecule has 0 aromatic carbocycles. The van der Waals surface area contributed by atoms with E-state index in [0.29, 0.717) is 13.0 Å². The Labute approximate surface area is 86.8 Å². The van der Waals surface area contributed by atoms with Gasteiger partial charge in [0.25, 0.3) is 0 Å². The van der Waals surface area contributed by atoms with Gasteiger partial charge in [-0.25, -0.2) is 0 Å². The Morgan fingerprint density at radius 1 is 1.36 bits per heavy atom. The highest BCUT2D eigenvalue weighted by atomic mass is 16.5. The molecule has 0 aliphatic heterocycles. The first-order chi connectivity index (χ1) is 6.52. The van der Waals surface area contributed by atoms with Gasteiger partial charge in [0, 0.05) is 20.1 Å². The van der Waals surface area contributed by atoms with Crippen LogP contribution in [0.15, 0.2) is 0 Å². The molecule has 3 nitrogen and oxygen atoms in total. The van der Waals surface area contributed by atoms with Crippen molar-refractivity contribution in [3.8, 4) is 0 Å². The van der Waals surface area contributed by atoms with Crippen LogP contribution in [0.3, 0.4) is 0 Å². The molecule has 14 heavy (non-hydrogen) atoms. The third kappa shape index (κ3) is 7.04. The number of Topliss-reactive ketones (excluding diaryl/α,β-unsaturated/α-hetero) is 1. The highest BCUT2D eigenvalue weighted by molar-refractivity contribution is 5.79. The Balaban J connectivity index is 3.53. The third-order valence-corrected chi connectivity index (χ3v) is 2.17. The van der Waals surface area contributed by atoms with Crippen molar-refractivity contribution in [1.29, 1.82) is 0 Å². The molecule has 0 aliphatic rings. The number of carbonyl (C=O) groups excluding carboxylic acids is 1. The van der Waals surface area contributed by atoms with E-state index in [1.807, 2.05) is 20.8 Å². The maximum absolute atomic E-state index is 11.3. The van der Waals surface area contributed by atoms with E-state index in [0.717, 1.165) is 12.8 Å². The van der Waals surface area contributed by atoms with Crippen LogP contribution >= 0.6 is 0 Å². The van der Waals surface area contributed by atoms with Gasteiger partial charge in [-0.3, -0.25) is 4.79 Å². The molecule has 0 aliphatic carbocycles. The predicted octanol–water partition coefficient (Wildman–Crippen LogP) is 2.19. The summed E-state index contributed by atoms with van der Waals surface area (Å²) in [6, 6.07) is 0. The molecule has 3 heteroatoms. The summed E-state index contributed by atoms with van der Waals surface area (Å²) in [6.07, 6.45) is 2.24. The fraction of sp³-hybridized carbons (Fsp3) is 0.909. The fourth-order valence-electron chi connectivity index (χ4n) is 0.945. The minimum absolute atomic E-state index is 0.156. The van der Waals surface area contributed by atoms with Crippen LogP contribution in [0.4, 0.5) is 0 Å². The minimum Gasteiger partial charge on any atom is -0.379 e. The zero-order valence-corrected chi connectivity index (χ0v) is 9.76. The standard InChI is InChI=1S/C11H22O3/c1-5-8-14-9-10(12)6-7-11(2,3)13-4/h5-9H2,1-4H3. The van der Waals surface area contributed by atoms with Crippen LogP contribution in [-0.4, -0.2) is 31.7 Å². The molecule has 0 rings (SSSR count). The van der Waals surface area contributed by atoms with E-state index in [1.165, 1.54) is 0 Å². The van der Waals surface area contributed by atoms with Gasteiger partial charge in [-0.15, -0.1) is 0 Å². The van der Waals surface area contributed by atoms with Crippen molar-refractivity contribution in [2.24, 2.45) is 0 Å². The van der Waals surface area contributed by atoms with Gasteiger partial charge in [0.2, 0.25) is 0 Å². The van der Waals surface area contributed by atoms with Gasteiger partial charge in [0.05, 0.1) is 5.60 Å². The lowest BCUT2D eigenvalue weighted by atomic mass is 10.0. The Morgan fingerprint density at radius 2 is 2.00 bits per heavy atom. The summed E-state index contributed by atoms with van der Waals surface area (Å²) in [7, 11) is 1.66. The lowest BCUT2D eigenvalue weighted by molar-refractivity contribution is -0.124. The van der Waals surface area contributed by atoms with Crippen molar-refractivity contribution in [1.82, 2.24) is 0 Å². The fourth-order valence-corrected chi connectivity index (χ4v) is 0.945. The van der Waals surface area contributed by atoms with E-state index >= 15 is 0 Å². The van der Waals surface area contributed by atoms with Crippen molar-refractivity contribution in [3.05, 3.63) is 0 Å². The molecule has 0 amide bonds. The van der Waals surface area contributed by atoms with Gasteiger partial charge in [0.1, 0.15) is 6.61 Å². The monoisotopic (exact) mass is 202 g/mol. The summed E-state index contributed by atoms with van der Waals surface area (Å²) >= 11 is 0. The third-order valence-electron chi connectivity index (χ3n) is 2.17. The molecule has 0 spiro atoms. The highest BCUT2D eigenvalue weighted by Gasteiger charge is 2.17. The van der Waals surface area contributed by atoms with E-state index in [9.17, 15) is 4.79 Å². The molecule has 0 atom stereocenters. The maximum atomic E-state index is 11.3. The Hall–Kier alpha value is -0.410. The predicted molar refractivity (Wildman–Crippen MR) is 56.4 cm³/mol. The molecule has 0 aromatic heterocycles. The minimum atomic E-state index is -0.208. The average Bonchev–Trinajstić information content (AvgIpc) is 2.16. The zero-order chi connectivity index (χ0) is 11.0. The van der Waals surface area contributed by atoms with Crippen molar-refractivity contribution in [2.45, 2.75) is 45.6 Å². The Bertz CT molecular complexity index is 164. The molecular formula is C11H22O3. The SMILES string of the molecule is CCCOCC(=O)CCC(C)(C)OC. The number of carbonyl (C=O) groups is 1. The second-order valence-electron chi connectivity index (χ2n) is 4.06. The lowest BCUT2D eigenvalue weighted by Crippen LogP contribution is -2.24. The molecule has 0 radical (unpaired) electrons. The van der Waals surface area contributed by atoms with E-state index < -0.39 is 0 Å². The Kier molecular flexibility index (Phi) is 6.75. The molecule has 0 aromatic rings. The van der Waals surface area contributed by atoms with Gasteiger partial charge in [-0.1, -0.05) is 6.92 Å². The number of hydrogen-bond donors (Lipinski definition) is 0. The van der Waals surface area contributed by atoms with Gasteiger partial charge in [-0.05, 0) is 26.7 Å². The quantitative estimate of drug-likeness (QED) is 0.566. The van der Waals surface area contributed by atoms with Gasteiger partial charge in [0.15, 0.2) is 5.78 Å². The van der Waals surface area contributed by atoms with Crippen LogP contribution in [0.5, 0.6) is 0 Å². The number of ketones is 1. The summed E-state index contributed by atoms with van der Waals surface area (Å²) in [5.74, 6) is 0.156. The molecule has 0 N–H and O–H groups in total. The average molecular weight is 202 g/mol. The smallest absolute Gasteiger partial charge is 0.158 e. The molecule has 0 bridgehead atoms. The van der Waals surface area contributed by atoms with E-state index in [4.69, 9.17) is 9.47 Å². The largest absolute Gasteiger partial charge is 0.379 e. The van der Waals surface area contributed by atoms with Gasteiger partial charge < -0.3 is 9.47 Å².